The fourth-order valence-electron chi connectivity index (χ4n) is 2.63. The number of benzene rings is 2. The Morgan fingerprint density at radius 1 is 1.12 bits per heavy atom. The minimum Gasteiger partial charge on any atom is -0.489 e. The zero-order chi connectivity index (χ0) is 18.5. The zero-order valence-electron chi connectivity index (χ0n) is 14.3. The molecule has 2 aromatic rings. The van der Waals surface area contributed by atoms with Crippen molar-refractivity contribution in [1.29, 1.82) is 0 Å². The van der Waals surface area contributed by atoms with Crippen molar-refractivity contribution in [3.63, 3.8) is 0 Å². The van der Waals surface area contributed by atoms with Gasteiger partial charge in [0.25, 0.3) is 5.91 Å². The molecule has 3 rings (SSSR count). The van der Waals surface area contributed by atoms with E-state index in [1.54, 1.807) is 43.4 Å². The summed E-state index contributed by atoms with van der Waals surface area (Å²) in [5.41, 5.74) is 1.88. The monoisotopic (exact) mass is 374 g/mol. The quantitative estimate of drug-likeness (QED) is 0.862. The topological polar surface area (TPSA) is 76.7 Å². The summed E-state index contributed by atoms with van der Waals surface area (Å²) in [7, 11) is 1.57. The van der Waals surface area contributed by atoms with Crippen molar-refractivity contribution in [2.75, 3.05) is 25.6 Å². The molecule has 0 saturated heterocycles. The van der Waals surface area contributed by atoms with E-state index >= 15 is 0 Å². The number of amides is 2. The van der Waals surface area contributed by atoms with E-state index in [1.807, 2.05) is 0 Å². The third-order valence-corrected chi connectivity index (χ3v) is 4.17. The van der Waals surface area contributed by atoms with Gasteiger partial charge in [-0.25, -0.2) is 0 Å². The molecule has 0 spiro atoms. The van der Waals surface area contributed by atoms with Crippen LogP contribution >= 0.6 is 11.6 Å². The fraction of sp³-hybridized carbons (Fsp3) is 0.263. The van der Waals surface area contributed by atoms with E-state index in [0.29, 0.717) is 41.0 Å². The Hall–Kier alpha value is -2.73. The Bertz CT molecular complexity index is 821. The Morgan fingerprint density at radius 3 is 2.58 bits per heavy atom. The first-order chi connectivity index (χ1) is 12.6. The average Bonchev–Trinajstić information content (AvgIpc) is 2.87. The van der Waals surface area contributed by atoms with E-state index < -0.39 is 0 Å². The van der Waals surface area contributed by atoms with Crippen LogP contribution in [-0.2, 0) is 11.2 Å². The molecule has 7 heteroatoms. The maximum absolute atomic E-state index is 12.3. The van der Waals surface area contributed by atoms with Crippen molar-refractivity contribution in [2.24, 2.45) is 0 Å². The minimum absolute atomic E-state index is 0.146. The largest absolute Gasteiger partial charge is 0.489 e. The molecule has 2 aromatic carbocycles. The van der Waals surface area contributed by atoms with E-state index in [-0.39, 0.29) is 18.2 Å². The summed E-state index contributed by atoms with van der Waals surface area (Å²) < 4.78 is 11.2. The molecule has 0 fully saturated rings. The molecule has 1 heterocycles. The van der Waals surface area contributed by atoms with Gasteiger partial charge in [0, 0.05) is 24.7 Å². The van der Waals surface area contributed by atoms with Crippen molar-refractivity contribution in [2.45, 2.75) is 12.8 Å². The van der Waals surface area contributed by atoms with Crippen molar-refractivity contribution < 1.29 is 19.1 Å². The molecule has 1 aliphatic rings. The van der Waals surface area contributed by atoms with Crippen LogP contribution < -0.4 is 20.1 Å². The van der Waals surface area contributed by atoms with Crippen molar-refractivity contribution in [1.82, 2.24) is 5.32 Å². The van der Waals surface area contributed by atoms with Gasteiger partial charge in [-0.2, -0.15) is 0 Å². The number of carbonyl (C=O) groups is 2. The molecular formula is C19H19ClN2O4. The summed E-state index contributed by atoms with van der Waals surface area (Å²) in [5, 5.41) is 5.78. The van der Waals surface area contributed by atoms with Crippen LogP contribution in [0.15, 0.2) is 36.4 Å². The van der Waals surface area contributed by atoms with Crippen LogP contribution in [0.1, 0.15) is 22.3 Å². The lowest BCUT2D eigenvalue weighted by atomic mass is 10.1. The van der Waals surface area contributed by atoms with Crippen LogP contribution in [0.3, 0.4) is 0 Å². The van der Waals surface area contributed by atoms with E-state index in [1.165, 1.54) is 0 Å². The predicted octanol–water partition coefficient (Wildman–Crippen LogP) is 3.04. The molecule has 0 aromatic heterocycles. The second kappa shape index (κ2) is 8.10. The maximum atomic E-state index is 12.3. The lowest BCUT2D eigenvalue weighted by Gasteiger charge is -2.12. The number of fused-ring (bicyclic) bond motifs is 1. The molecule has 26 heavy (non-hydrogen) atoms. The van der Waals surface area contributed by atoms with Gasteiger partial charge in [-0.05, 0) is 42.0 Å². The molecule has 2 N–H and O–H groups in total. The normalized spacial score (nSPS) is 12.8. The molecule has 0 saturated carbocycles. The lowest BCUT2D eigenvalue weighted by molar-refractivity contribution is -0.115. The Labute approximate surface area is 156 Å². The van der Waals surface area contributed by atoms with Crippen LogP contribution in [0.5, 0.6) is 11.5 Å². The SMILES string of the molecule is CNC(=O)c1ccc(NC(=O)Cc2cc(Cl)c3c(c2)OCCCO3)cc1. The minimum atomic E-state index is -0.191. The Balaban J connectivity index is 1.67. The number of carbonyl (C=O) groups excluding carboxylic acids is 2. The number of ether oxygens (including phenoxy) is 2. The van der Waals surface area contributed by atoms with Crippen LogP contribution in [0, 0.1) is 0 Å². The molecule has 0 radical (unpaired) electrons. The number of halogens is 1. The highest BCUT2D eigenvalue weighted by Gasteiger charge is 2.17. The van der Waals surface area contributed by atoms with Crippen molar-refractivity contribution in [3.05, 3.63) is 52.5 Å². The lowest BCUT2D eigenvalue weighted by Crippen LogP contribution is -2.18. The Kier molecular flexibility index (Phi) is 5.63. The zero-order valence-corrected chi connectivity index (χ0v) is 15.1. The van der Waals surface area contributed by atoms with Gasteiger partial charge < -0.3 is 20.1 Å². The second-order valence-electron chi connectivity index (χ2n) is 5.84. The number of rotatable bonds is 4. The smallest absolute Gasteiger partial charge is 0.251 e. The van der Waals surface area contributed by atoms with E-state index in [9.17, 15) is 9.59 Å². The van der Waals surface area contributed by atoms with E-state index in [4.69, 9.17) is 21.1 Å². The highest BCUT2D eigenvalue weighted by molar-refractivity contribution is 6.32. The van der Waals surface area contributed by atoms with Gasteiger partial charge in [-0.15, -0.1) is 0 Å². The summed E-state index contributed by atoms with van der Waals surface area (Å²) in [6.07, 6.45) is 0.931. The Morgan fingerprint density at radius 2 is 1.85 bits per heavy atom. The van der Waals surface area contributed by atoms with Crippen LogP contribution in [-0.4, -0.2) is 32.1 Å². The summed E-state index contributed by atoms with van der Waals surface area (Å²) in [6, 6.07) is 10.2. The van der Waals surface area contributed by atoms with Crippen LogP contribution in [0.4, 0.5) is 5.69 Å². The maximum Gasteiger partial charge on any atom is 0.251 e. The van der Waals surface area contributed by atoms with Gasteiger partial charge in [0.15, 0.2) is 11.5 Å². The van der Waals surface area contributed by atoms with Crippen LogP contribution in [0.25, 0.3) is 0 Å². The molecule has 2 amide bonds. The highest BCUT2D eigenvalue weighted by Crippen LogP contribution is 2.38. The first-order valence-electron chi connectivity index (χ1n) is 8.27. The van der Waals surface area contributed by atoms with Gasteiger partial charge >= 0.3 is 0 Å². The first-order valence-corrected chi connectivity index (χ1v) is 8.64. The number of hydrogen-bond donors (Lipinski definition) is 2. The van der Waals surface area contributed by atoms with E-state index in [0.717, 1.165) is 12.0 Å². The number of hydrogen-bond acceptors (Lipinski definition) is 4. The highest BCUT2D eigenvalue weighted by atomic mass is 35.5. The molecular weight excluding hydrogens is 356 g/mol. The molecule has 0 atom stereocenters. The van der Waals surface area contributed by atoms with Crippen molar-refractivity contribution in [3.8, 4) is 11.5 Å². The molecule has 0 aliphatic carbocycles. The summed E-state index contributed by atoms with van der Waals surface area (Å²) in [4.78, 5) is 23.8. The van der Waals surface area contributed by atoms with Gasteiger partial charge in [-0.1, -0.05) is 11.6 Å². The van der Waals surface area contributed by atoms with Gasteiger partial charge in [0.05, 0.1) is 24.7 Å². The molecule has 6 nitrogen and oxygen atoms in total. The molecule has 1 aliphatic heterocycles. The van der Waals surface area contributed by atoms with Gasteiger partial charge in [-0.3, -0.25) is 9.59 Å². The third-order valence-electron chi connectivity index (χ3n) is 3.88. The predicted molar refractivity (Wildman–Crippen MR) is 99.2 cm³/mol. The van der Waals surface area contributed by atoms with Gasteiger partial charge in [0.2, 0.25) is 5.91 Å². The summed E-state index contributed by atoms with van der Waals surface area (Å²) in [6.45, 7) is 1.11. The fourth-order valence-corrected chi connectivity index (χ4v) is 2.91. The number of anilines is 1. The van der Waals surface area contributed by atoms with Crippen molar-refractivity contribution >= 4 is 29.1 Å². The molecule has 0 bridgehead atoms. The standard InChI is InChI=1S/C19H19ClN2O4/c1-21-19(24)13-3-5-14(6-4-13)22-17(23)11-12-9-15(20)18-16(10-12)25-7-2-8-26-18/h3-6,9-10H,2,7-8,11H2,1H3,(H,21,24)(H,22,23). The number of nitrogens with one attached hydrogen (secondary N) is 2. The van der Waals surface area contributed by atoms with Crippen LogP contribution in [0.2, 0.25) is 5.02 Å². The summed E-state index contributed by atoms with van der Waals surface area (Å²) >= 11 is 6.25. The van der Waals surface area contributed by atoms with Gasteiger partial charge in [0.1, 0.15) is 0 Å². The average molecular weight is 375 g/mol. The first kappa shape index (κ1) is 18.1. The molecule has 136 valence electrons. The summed E-state index contributed by atoms with van der Waals surface area (Å²) in [5.74, 6) is 0.721. The second-order valence-corrected chi connectivity index (χ2v) is 6.24. The van der Waals surface area contributed by atoms with E-state index in [2.05, 4.69) is 10.6 Å². The third kappa shape index (κ3) is 4.26. The molecule has 0 unspecified atom stereocenters.